The molecule has 0 bridgehead atoms. The van der Waals surface area contributed by atoms with E-state index in [4.69, 9.17) is 24.5 Å². The molecule has 4 aliphatic rings. The summed E-state index contributed by atoms with van der Waals surface area (Å²) in [5.41, 5.74) is 4.06. The molecule has 0 amide bonds. The van der Waals surface area contributed by atoms with Gasteiger partial charge < -0.3 is 34.5 Å². The van der Waals surface area contributed by atoms with Crippen LogP contribution in [0.25, 0.3) is 0 Å². The molecule has 2 aliphatic heterocycles. The molecule has 0 radical (unpaired) electrons. The summed E-state index contributed by atoms with van der Waals surface area (Å²) in [5.74, 6) is -0.939. The van der Waals surface area contributed by atoms with Crippen molar-refractivity contribution in [1.82, 2.24) is 15.1 Å². The number of aliphatic hydroxyl groups excluding tert-OH is 1. The van der Waals surface area contributed by atoms with Gasteiger partial charge in [-0.2, -0.15) is 0 Å². The van der Waals surface area contributed by atoms with Crippen molar-refractivity contribution in [2.45, 2.75) is 140 Å². The Hall–Kier alpha value is -2.35. The number of nitrogens with two attached hydrogens (primary N) is 1. The minimum absolute atomic E-state index is 0.0685. The van der Waals surface area contributed by atoms with Crippen LogP contribution in [-0.2, 0) is 32.9 Å². The molecule has 0 aromatic heterocycles. The second kappa shape index (κ2) is 15.5. The van der Waals surface area contributed by atoms with Gasteiger partial charge in [0.15, 0.2) is 12.4 Å². The Morgan fingerprint density at radius 2 is 1.62 bits per heavy atom. The van der Waals surface area contributed by atoms with Crippen molar-refractivity contribution >= 4 is 25.4 Å². The molecule has 13 nitrogen and oxygen atoms in total. The minimum atomic E-state index is -4.27. The lowest BCUT2D eigenvalue weighted by Gasteiger charge is -2.35. The fraction of sp³-hybridized carbons (Fsp3) is 0.767. The van der Waals surface area contributed by atoms with Crippen LogP contribution in [-0.4, -0.2) is 82.8 Å². The van der Waals surface area contributed by atoms with E-state index in [-0.39, 0.29) is 30.3 Å². The van der Waals surface area contributed by atoms with Gasteiger partial charge in [0.2, 0.25) is 0 Å². The number of carbonyl (C=O) groups is 2. The van der Waals surface area contributed by atoms with Gasteiger partial charge in [-0.3, -0.25) is 14.2 Å². The Kier molecular flexibility index (Phi) is 12.2. The Labute approximate surface area is 264 Å². The first-order chi connectivity index (χ1) is 21.4. The molecule has 0 spiro atoms. The number of amidine groups is 1. The third kappa shape index (κ3) is 8.93. The maximum atomic E-state index is 15.6. The summed E-state index contributed by atoms with van der Waals surface area (Å²) in [7, 11) is -4.27. The molecule has 6 atom stereocenters. The van der Waals surface area contributed by atoms with E-state index in [1.54, 1.807) is 6.92 Å². The first-order valence-electron chi connectivity index (χ1n) is 16.1. The molecule has 0 aromatic carbocycles. The van der Waals surface area contributed by atoms with Gasteiger partial charge in [0.05, 0.1) is 6.61 Å². The summed E-state index contributed by atoms with van der Waals surface area (Å²) < 4.78 is 53.2. The number of rotatable bonds is 13. The lowest BCUT2D eigenvalue weighted by Crippen LogP contribution is -2.48. The van der Waals surface area contributed by atoms with Gasteiger partial charge in [-0.1, -0.05) is 26.3 Å². The number of halogens is 1. The molecule has 2 saturated carbocycles. The number of hydrogen-bond acceptors (Lipinski definition) is 11. The van der Waals surface area contributed by atoms with Gasteiger partial charge in [0.1, 0.15) is 47.7 Å². The van der Waals surface area contributed by atoms with Crippen LogP contribution in [0.15, 0.2) is 29.7 Å². The third-order valence-electron chi connectivity index (χ3n) is 8.90. The number of esters is 2. The van der Waals surface area contributed by atoms with Crippen LogP contribution in [0.1, 0.15) is 91.4 Å². The monoisotopic (exact) mass is 657 g/mol. The second-order valence-electron chi connectivity index (χ2n) is 12.4. The third-order valence-corrected chi connectivity index (χ3v) is 10.8. The standard InChI is InChI=1S/C30H49FN5O8P/c1-5-30(26(37)25(31)27(44-30)36-17-16-24(32)33-21(36)4)18-41-45(40,34-19(2)28(38)42-22-12-8-6-9-13-22)35-20(3)29(39)43-23-14-10-7-11-15-23/h16-17,19-20,22-23,25-27,37H,4-15,18H2,1-3H3,(H2,32,33)(H2,34,35,40)/t19?,20?,25-,26+,27-,30-,45?/m1/s1. The van der Waals surface area contributed by atoms with Gasteiger partial charge in [-0.15, -0.1) is 0 Å². The SMILES string of the molecule is C=C1N=C(N)C=CN1[C@@H]1O[C@](CC)(COP(=O)(NC(C)C(=O)OC2CCCCC2)NC(C)C(=O)OC2CCCCC2)[C@@H](O)[C@H]1F. The summed E-state index contributed by atoms with van der Waals surface area (Å²) in [6, 6.07) is -2.18. The van der Waals surface area contributed by atoms with E-state index in [0.29, 0.717) is 0 Å². The molecular formula is C30H49FN5O8P. The van der Waals surface area contributed by atoms with Crippen molar-refractivity contribution in [1.29, 1.82) is 0 Å². The number of ether oxygens (including phenoxy) is 3. The van der Waals surface area contributed by atoms with E-state index in [9.17, 15) is 19.3 Å². The molecule has 2 unspecified atom stereocenters. The summed E-state index contributed by atoms with van der Waals surface area (Å²) in [5, 5.41) is 16.4. The van der Waals surface area contributed by atoms with Crippen molar-refractivity contribution in [3.8, 4) is 0 Å². The van der Waals surface area contributed by atoms with Crippen molar-refractivity contribution in [3.05, 3.63) is 24.7 Å². The summed E-state index contributed by atoms with van der Waals surface area (Å²) in [6.07, 6.45) is 6.62. The number of aliphatic imine (C=N–C) groups is 1. The van der Waals surface area contributed by atoms with E-state index < -0.39 is 62.4 Å². The summed E-state index contributed by atoms with van der Waals surface area (Å²) in [6.45, 7) is 7.87. The fourth-order valence-electron chi connectivity index (χ4n) is 6.09. The van der Waals surface area contributed by atoms with Gasteiger partial charge in [-0.25, -0.2) is 19.6 Å². The largest absolute Gasteiger partial charge is 0.461 e. The molecule has 4 rings (SSSR count). The maximum absolute atomic E-state index is 15.6. The van der Waals surface area contributed by atoms with Gasteiger partial charge in [0, 0.05) is 6.20 Å². The highest BCUT2D eigenvalue weighted by Gasteiger charge is 2.57. The molecule has 2 aliphatic carbocycles. The number of alkyl halides is 1. The van der Waals surface area contributed by atoms with Crippen LogP contribution < -0.4 is 15.9 Å². The molecule has 15 heteroatoms. The van der Waals surface area contributed by atoms with Crippen molar-refractivity contribution < 1.29 is 42.4 Å². The van der Waals surface area contributed by atoms with Crippen LogP contribution >= 0.6 is 7.67 Å². The number of carbonyl (C=O) groups excluding carboxylic acids is 2. The maximum Gasteiger partial charge on any atom is 0.342 e. The Morgan fingerprint density at radius 3 is 2.09 bits per heavy atom. The Balaban J connectivity index is 1.48. The van der Waals surface area contributed by atoms with Crippen LogP contribution in [0.5, 0.6) is 0 Å². The predicted octanol–water partition coefficient (Wildman–Crippen LogP) is 3.68. The van der Waals surface area contributed by atoms with Crippen LogP contribution in [0.3, 0.4) is 0 Å². The molecule has 3 fully saturated rings. The van der Waals surface area contributed by atoms with Gasteiger partial charge >= 0.3 is 19.6 Å². The van der Waals surface area contributed by atoms with Crippen LogP contribution in [0, 0.1) is 0 Å². The molecular weight excluding hydrogens is 608 g/mol. The quantitative estimate of drug-likeness (QED) is 0.167. The van der Waals surface area contributed by atoms with E-state index >= 15 is 4.39 Å². The van der Waals surface area contributed by atoms with Crippen molar-refractivity contribution in [2.75, 3.05) is 6.61 Å². The number of nitrogens with one attached hydrogen (secondary N) is 2. The lowest BCUT2D eigenvalue weighted by molar-refractivity contribution is -0.152. The van der Waals surface area contributed by atoms with Crippen LogP contribution in [0.4, 0.5) is 4.39 Å². The summed E-state index contributed by atoms with van der Waals surface area (Å²) in [4.78, 5) is 31.3. The second-order valence-corrected chi connectivity index (χ2v) is 14.3. The summed E-state index contributed by atoms with van der Waals surface area (Å²) >= 11 is 0. The number of aliphatic hydroxyl groups is 1. The number of hydrogen-bond donors (Lipinski definition) is 4. The fourth-order valence-corrected chi connectivity index (χ4v) is 7.94. The highest BCUT2D eigenvalue weighted by Crippen LogP contribution is 2.45. The van der Waals surface area contributed by atoms with E-state index in [0.717, 1.165) is 64.2 Å². The topological polar surface area (TPSA) is 174 Å². The average Bonchev–Trinajstić information content (AvgIpc) is 3.26. The highest BCUT2D eigenvalue weighted by molar-refractivity contribution is 7.54. The first kappa shape index (κ1) is 35.5. The first-order valence-corrected chi connectivity index (χ1v) is 17.7. The van der Waals surface area contributed by atoms with Crippen molar-refractivity contribution in [3.63, 3.8) is 0 Å². The zero-order valence-corrected chi connectivity index (χ0v) is 27.4. The van der Waals surface area contributed by atoms with Gasteiger partial charge in [0.25, 0.3) is 0 Å². The average molecular weight is 658 g/mol. The highest BCUT2D eigenvalue weighted by atomic mass is 31.2. The Morgan fingerprint density at radius 1 is 1.11 bits per heavy atom. The van der Waals surface area contributed by atoms with E-state index in [1.165, 1.54) is 31.0 Å². The molecule has 2 heterocycles. The predicted molar refractivity (Wildman–Crippen MR) is 165 cm³/mol. The zero-order valence-electron chi connectivity index (χ0n) is 26.5. The Bertz CT molecular complexity index is 1130. The van der Waals surface area contributed by atoms with Gasteiger partial charge in [-0.05, 0) is 77.7 Å². The molecule has 45 heavy (non-hydrogen) atoms. The van der Waals surface area contributed by atoms with Crippen LogP contribution in [0.2, 0.25) is 0 Å². The van der Waals surface area contributed by atoms with E-state index in [2.05, 4.69) is 21.7 Å². The normalized spacial score (nSPS) is 30.8. The van der Waals surface area contributed by atoms with Crippen molar-refractivity contribution in [2.24, 2.45) is 10.7 Å². The number of nitrogens with zero attached hydrogens (tertiary/aromatic N) is 2. The zero-order chi connectivity index (χ0) is 32.8. The minimum Gasteiger partial charge on any atom is -0.461 e. The molecule has 0 aromatic rings. The van der Waals surface area contributed by atoms with E-state index in [1.807, 2.05) is 0 Å². The molecule has 254 valence electrons. The smallest absolute Gasteiger partial charge is 0.342 e. The lowest BCUT2D eigenvalue weighted by atomic mass is 9.94. The molecule has 1 saturated heterocycles. The molecule has 5 N–H and O–H groups in total.